The van der Waals surface area contributed by atoms with E-state index in [4.69, 9.17) is 4.74 Å². The largest absolute Gasteiger partial charge is 0.476 e. The summed E-state index contributed by atoms with van der Waals surface area (Å²) in [5.74, 6) is 3.26. The van der Waals surface area contributed by atoms with Crippen LogP contribution in [0.25, 0.3) is 0 Å². The van der Waals surface area contributed by atoms with E-state index >= 15 is 0 Å². The van der Waals surface area contributed by atoms with Crippen molar-refractivity contribution in [3.8, 4) is 5.88 Å². The number of hydrogen-bond acceptors (Lipinski definition) is 6. The number of ether oxygens (including phenoxy) is 1. The highest BCUT2D eigenvalue weighted by Crippen LogP contribution is 2.23. The van der Waals surface area contributed by atoms with Gasteiger partial charge < -0.3 is 14.5 Å². The van der Waals surface area contributed by atoms with Gasteiger partial charge in [-0.1, -0.05) is 6.07 Å². The fraction of sp³-hybridized carbons (Fsp3) is 0.571. The highest BCUT2D eigenvalue weighted by Gasteiger charge is 2.21. The van der Waals surface area contributed by atoms with Gasteiger partial charge in [-0.05, 0) is 56.6 Å². The highest BCUT2D eigenvalue weighted by molar-refractivity contribution is 5.39. The molecule has 0 N–H and O–H groups in total. The van der Waals surface area contributed by atoms with Crippen molar-refractivity contribution in [3.63, 3.8) is 0 Å². The van der Waals surface area contributed by atoms with Gasteiger partial charge in [0.1, 0.15) is 11.6 Å². The molecule has 2 saturated heterocycles. The average molecular weight is 367 g/mol. The van der Waals surface area contributed by atoms with Crippen molar-refractivity contribution in [2.24, 2.45) is 5.92 Å². The fourth-order valence-corrected chi connectivity index (χ4v) is 3.85. The lowest BCUT2D eigenvalue weighted by atomic mass is 9.98. The summed E-state index contributed by atoms with van der Waals surface area (Å²) < 4.78 is 5.92. The van der Waals surface area contributed by atoms with Crippen LogP contribution >= 0.6 is 0 Å². The van der Waals surface area contributed by atoms with Crippen molar-refractivity contribution in [2.75, 3.05) is 42.6 Å². The molecule has 2 aromatic heterocycles. The molecule has 144 valence electrons. The van der Waals surface area contributed by atoms with Crippen LogP contribution in [0.5, 0.6) is 5.88 Å². The second-order valence-corrected chi connectivity index (χ2v) is 7.70. The molecule has 2 aliphatic heterocycles. The number of nitrogens with zero attached hydrogens (tertiary/aromatic N) is 5. The molecule has 6 nitrogen and oxygen atoms in total. The molecule has 0 amide bonds. The summed E-state index contributed by atoms with van der Waals surface area (Å²) in [5.41, 5.74) is 1.20. The minimum absolute atomic E-state index is 0.565. The quantitative estimate of drug-likeness (QED) is 0.807. The Morgan fingerprint density at radius 1 is 0.852 bits per heavy atom. The molecule has 0 aliphatic carbocycles. The van der Waals surface area contributed by atoms with Gasteiger partial charge in [0.05, 0.1) is 19.0 Å². The third kappa shape index (κ3) is 4.67. The Balaban J connectivity index is 1.23. The van der Waals surface area contributed by atoms with E-state index in [-0.39, 0.29) is 0 Å². The molecular formula is C21H29N5O. The van der Waals surface area contributed by atoms with Crippen LogP contribution in [0.15, 0.2) is 30.7 Å². The van der Waals surface area contributed by atoms with E-state index in [1.165, 1.54) is 24.8 Å². The predicted molar refractivity (Wildman–Crippen MR) is 108 cm³/mol. The van der Waals surface area contributed by atoms with Gasteiger partial charge in [0.2, 0.25) is 5.88 Å². The first-order valence-corrected chi connectivity index (χ1v) is 10.2. The van der Waals surface area contributed by atoms with Gasteiger partial charge in [-0.15, -0.1) is 0 Å². The van der Waals surface area contributed by atoms with Crippen molar-refractivity contribution < 1.29 is 4.74 Å². The van der Waals surface area contributed by atoms with Crippen molar-refractivity contribution in [1.82, 2.24) is 15.0 Å². The maximum absolute atomic E-state index is 5.92. The minimum Gasteiger partial charge on any atom is -0.476 e. The minimum atomic E-state index is 0.565. The molecule has 27 heavy (non-hydrogen) atoms. The van der Waals surface area contributed by atoms with Crippen LogP contribution in [0.4, 0.5) is 11.6 Å². The zero-order valence-electron chi connectivity index (χ0n) is 16.2. The Bertz CT molecular complexity index is 704. The number of rotatable bonds is 5. The van der Waals surface area contributed by atoms with Gasteiger partial charge in [-0.25, -0.2) is 15.0 Å². The monoisotopic (exact) mass is 367 g/mol. The Morgan fingerprint density at radius 2 is 1.59 bits per heavy atom. The van der Waals surface area contributed by atoms with Crippen molar-refractivity contribution in [1.29, 1.82) is 0 Å². The number of pyridine rings is 1. The summed E-state index contributed by atoms with van der Waals surface area (Å²) in [6, 6.07) is 4.25. The van der Waals surface area contributed by atoms with Crippen LogP contribution in [-0.4, -0.2) is 47.7 Å². The van der Waals surface area contributed by atoms with E-state index in [9.17, 15) is 0 Å². The van der Waals surface area contributed by atoms with Gasteiger partial charge in [-0.3, -0.25) is 0 Å². The zero-order chi connectivity index (χ0) is 18.5. The fourth-order valence-electron chi connectivity index (χ4n) is 3.85. The van der Waals surface area contributed by atoms with E-state index in [2.05, 4.69) is 43.8 Å². The number of aromatic nitrogens is 3. The molecule has 0 bridgehead atoms. The summed E-state index contributed by atoms with van der Waals surface area (Å²) in [7, 11) is 0. The van der Waals surface area contributed by atoms with Gasteiger partial charge in [0, 0.05) is 32.4 Å². The summed E-state index contributed by atoms with van der Waals surface area (Å²) in [5, 5.41) is 0. The molecule has 0 unspecified atom stereocenters. The number of aryl methyl sites for hydroxylation is 1. The van der Waals surface area contributed by atoms with E-state index in [1.807, 2.05) is 12.4 Å². The maximum Gasteiger partial charge on any atom is 0.232 e. The molecular weight excluding hydrogens is 338 g/mol. The Labute approximate surface area is 161 Å². The molecule has 2 aromatic rings. The van der Waals surface area contributed by atoms with Crippen LogP contribution in [0.3, 0.4) is 0 Å². The molecule has 4 rings (SSSR count). The second kappa shape index (κ2) is 8.55. The van der Waals surface area contributed by atoms with Crippen molar-refractivity contribution >= 4 is 11.6 Å². The highest BCUT2D eigenvalue weighted by atomic mass is 16.5. The van der Waals surface area contributed by atoms with E-state index in [1.54, 1.807) is 6.20 Å². The van der Waals surface area contributed by atoms with Gasteiger partial charge in [0.25, 0.3) is 0 Å². The molecule has 0 atom stereocenters. The SMILES string of the molecule is Cc1ccc(N2CCC(COc3cnc(N4CCCCC4)cn3)CC2)nc1. The van der Waals surface area contributed by atoms with Gasteiger partial charge in [0.15, 0.2) is 0 Å². The topological polar surface area (TPSA) is 54.4 Å². The maximum atomic E-state index is 5.92. The average Bonchev–Trinajstić information content (AvgIpc) is 2.74. The first kappa shape index (κ1) is 18.0. The molecule has 6 heteroatoms. The summed E-state index contributed by atoms with van der Waals surface area (Å²) in [6.45, 7) is 7.02. The lowest BCUT2D eigenvalue weighted by Crippen LogP contribution is -2.36. The van der Waals surface area contributed by atoms with E-state index < -0.39 is 0 Å². The van der Waals surface area contributed by atoms with Crippen LogP contribution in [0, 0.1) is 12.8 Å². The lowest BCUT2D eigenvalue weighted by Gasteiger charge is -2.32. The molecule has 2 aliphatic rings. The first-order valence-electron chi connectivity index (χ1n) is 10.2. The second-order valence-electron chi connectivity index (χ2n) is 7.70. The Kier molecular flexibility index (Phi) is 5.70. The van der Waals surface area contributed by atoms with Crippen molar-refractivity contribution in [3.05, 3.63) is 36.3 Å². The van der Waals surface area contributed by atoms with Crippen LogP contribution in [0.1, 0.15) is 37.7 Å². The number of piperidine rings is 2. The molecule has 2 fully saturated rings. The molecule has 0 aromatic carbocycles. The smallest absolute Gasteiger partial charge is 0.232 e. The normalized spacial score (nSPS) is 18.6. The van der Waals surface area contributed by atoms with Crippen molar-refractivity contribution in [2.45, 2.75) is 39.0 Å². The summed E-state index contributed by atoms with van der Waals surface area (Å²) >= 11 is 0. The lowest BCUT2D eigenvalue weighted by molar-refractivity contribution is 0.215. The van der Waals surface area contributed by atoms with E-state index in [0.29, 0.717) is 18.4 Å². The van der Waals surface area contributed by atoms with E-state index in [0.717, 1.165) is 50.7 Å². The summed E-state index contributed by atoms with van der Waals surface area (Å²) in [6.07, 6.45) is 11.6. The van der Waals surface area contributed by atoms with Crippen LogP contribution in [0.2, 0.25) is 0 Å². The third-order valence-corrected chi connectivity index (χ3v) is 5.60. The third-order valence-electron chi connectivity index (χ3n) is 5.60. The Morgan fingerprint density at radius 3 is 2.26 bits per heavy atom. The predicted octanol–water partition coefficient (Wildman–Crippen LogP) is 3.47. The Hall–Kier alpha value is -2.37. The molecule has 0 spiro atoms. The molecule has 0 radical (unpaired) electrons. The number of anilines is 2. The zero-order valence-corrected chi connectivity index (χ0v) is 16.2. The van der Waals surface area contributed by atoms with Gasteiger partial charge >= 0.3 is 0 Å². The first-order chi connectivity index (χ1) is 13.3. The van der Waals surface area contributed by atoms with Gasteiger partial charge in [-0.2, -0.15) is 0 Å². The molecule has 0 saturated carbocycles. The summed E-state index contributed by atoms with van der Waals surface area (Å²) in [4.78, 5) is 18.2. The standard InChI is InChI=1S/C21H29N5O/c1-17-5-6-19(22-13-17)26-11-7-18(8-12-26)16-27-21-15-23-20(14-24-21)25-9-3-2-4-10-25/h5-6,13-15,18H,2-4,7-12,16H2,1H3. The number of hydrogen-bond donors (Lipinski definition) is 0. The molecule has 4 heterocycles. The van der Waals surface area contributed by atoms with Crippen LogP contribution in [-0.2, 0) is 0 Å². The van der Waals surface area contributed by atoms with Crippen LogP contribution < -0.4 is 14.5 Å².